The molecule has 0 aromatic rings. The summed E-state index contributed by atoms with van der Waals surface area (Å²) < 4.78 is 18.8. The molecule has 0 saturated carbocycles. The second-order valence-corrected chi connectivity index (χ2v) is 5.50. The van der Waals surface area contributed by atoms with Gasteiger partial charge in [-0.3, -0.25) is 0 Å². The lowest BCUT2D eigenvalue weighted by Gasteiger charge is -2.35. The third kappa shape index (κ3) is 4.50. The van der Waals surface area contributed by atoms with Crippen molar-refractivity contribution in [1.82, 2.24) is 4.90 Å². The number of halogens is 1. The molecule has 0 bridgehead atoms. The molecule has 2 unspecified atom stereocenters. The van der Waals surface area contributed by atoms with Gasteiger partial charge in [0, 0.05) is 25.6 Å². The lowest BCUT2D eigenvalue weighted by Crippen LogP contribution is -2.46. The SMILES string of the molecule is CC(C)(C)OC(=O)N1CCC(F)C(CCO)C1. The molecule has 1 aliphatic rings. The number of carbonyl (C=O) groups excluding carboxylic acids is 1. The van der Waals surface area contributed by atoms with Crippen molar-refractivity contribution in [2.45, 2.75) is 45.4 Å². The zero-order chi connectivity index (χ0) is 13.1. The van der Waals surface area contributed by atoms with Crippen LogP contribution in [-0.2, 0) is 4.74 Å². The molecule has 0 radical (unpaired) electrons. The van der Waals surface area contributed by atoms with E-state index in [1.807, 2.05) is 0 Å². The minimum atomic E-state index is -0.930. The number of amides is 1. The van der Waals surface area contributed by atoms with Gasteiger partial charge in [-0.05, 0) is 33.6 Å². The van der Waals surface area contributed by atoms with Crippen LogP contribution in [0.5, 0.6) is 0 Å². The van der Waals surface area contributed by atoms with Gasteiger partial charge in [0.2, 0.25) is 0 Å². The van der Waals surface area contributed by atoms with E-state index in [2.05, 4.69) is 0 Å². The van der Waals surface area contributed by atoms with Crippen LogP contribution in [0.2, 0.25) is 0 Å². The van der Waals surface area contributed by atoms with Crippen molar-refractivity contribution in [2.24, 2.45) is 5.92 Å². The van der Waals surface area contributed by atoms with Crippen LogP contribution in [0.1, 0.15) is 33.6 Å². The normalized spacial score (nSPS) is 25.8. The van der Waals surface area contributed by atoms with E-state index in [4.69, 9.17) is 9.84 Å². The molecule has 1 fully saturated rings. The standard InChI is InChI=1S/C12H22FNO3/c1-12(2,3)17-11(16)14-6-4-10(13)9(8-14)5-7-15/h9-10,15H,4-8H2,1-3H3. The van der Waals surface area contributed by atoms with Gasteiger partial charge in [0.1, 0.15) is 11.8 Å². The van der Waals surface area contributed by atoms with E-state index < -0.39 is 17.9 Å². The molecular formula is C12H22FNO3. The van der Waals surface area contributed by atoms with Crippen LogP contribution in [0.25, 0.3) is 0 Å². The van der Waals surface area contributed by atoms with E-state index >= 15 is 0 Å². The number of alkyl halides is 1. The summed E-state index contributed by atoms with van der Waals surface area (Å²) in [6.45, 7) is 6.08. The van der Waals surface area contributed by atoms with Gasteiger partial charge in [-0.1, -0.05) is 0 Å². The summed E-state index contributed by atoms with van der Waals surface area (Å²) in [5, 5.41) is 8.85. The van der Waals surface area contributed by atoms with Crippen molar-refractivity contribution < 1.29 is 19.0 Å². The Bertz CT molecular complexity index is 265. The third-order valence-corrected chi connectivity index (χ3v) is 2.79. The Hall–Kier alpha value is -0.840. The summed E-state index contributed by atoms with van der Waals surface area (Å²) in [6, 6.07) is 0. The molecule has 0 aromatic heterocycles. The summed E-state index contributed by atoms with van der Waals surface area (Å²) in [4.78, 5) is 13.3. The Balaban J connectivity index is 2.52. The van der Waals surface area contributed by atoms with Crippen LogP contribution in [0.3, 0.4) is 0 Å². The molecule has 100 valence electrons. The first-order valence-corrected chi connectivity index (χ1v) is 6.06. The van der Waals surface area contributed by atoms with Crippen molar-refractivity contribution >= 4 is 6.09 Å². The Labute approximate surface area is 102 Å². The zero-order valence-electron chi connectivity index (χ0n) is 10.8. The van der Waals surface area contributed by atoms with Crippen molar-refractivity contribution in [3.05, 3.63) is 0 Å². The number of piperidine rings is 1. The first-order valence-electron chi connectivity index (χ1n) is 6.06. The molecule has 1 heterocycles. The first-order chi connectivity index (χ1) is 7.83. The number of aliphatic hydroxyl groups excluding tert-OH is 1. The number of ether oxygens (including phenoxy) is 1. The fourth-order valence-corrected chi connectivity index (χ4v) is 1.93. The van der Waals surface area contributed by atoms with Gasteiger partial charge in [-0.25, -0.2) is 9.18 Å². The molecule has 2 atom stereocenters. The zero-order valence-corrected chi connectivity index (χ0v) is 10.8. The average Bonchev–Trinajstić information content (AvgIpc) is 2.19. The number of hydrogen-bond acceptors (Lipinski definition) is 3. The number of aliphatic hydroxyl groups is 1. The van der Waals surface area contributed by atoms with E-state index in [0.717, 1.165) is 0 Å². The number of carbonyl (C=O) groups is 1. The van der Waals surface area contributed by atoms with E-state index in [1.54, 1.807) is 20.8 Å². The summed E-state index contributed by atoms with van der Waals surface area (Å²) >= 11 is 0. The maximum absolute atomic E-state index is 13.5. The second-order valence-electron chi connectivity index (χ2n) is 5.50. The molecular weight excluding hydrogens is 225 g/mol. The molecule has 0 aromatic carbocycles. The van der Waals surface area contributed by atoms with Crippen LogP contribution in [-0.4, -0.2) is 47.6 Å². The monoisotopic (exact) mass is 247 g/mol. The summed E-state index contributed by atoms with van der Waals surface area (Å²) in [5.74, 6) is -0.277. The van der Waals surface area contributed by atoms with Crippen LogP contribution < -0.4 is 0 Å². The molecule has 1 N–H and O–H groups in total. The average molecular weight is 247 g/mol. The molecule has 5 heteroatoms. The fraction of sp³-hybridized carbons (Fsp3) is 0.917. The van der Waals surface area contributed by atoms with Gasteiger partial charge >= 0.3 is 6.09 Å². The van der Waals surface area contributed by atoms with Crippen LogP contribution in [0.15, 0.2) is 0 Å². The van der Waals surface area contributed by atoms with Gasteiger partial charge < -0.3 is 14.7 Å². The smallest absolute Gasteiger partial charge is 0.410 e. The molecule has 4 nitrogen and oxygen atoms in total. The minimum absolute atomic E-state index is 0.0484. The van der Waals surface area contributed by atoms with E-state index in [-0.39, 0.29) is 12.5 Å². The van der Waals surface area contributed by atoms with Crippen molar-refractivity contribution in [2.75, 3.05) is 19.7 Å². The lowest BCUT2D eigenvalue weighted by atomic mass is 9.93. The molecule has 1 saturated heterocycles. The largest absolute Gasteiger partial charge is 0.444 e. The predicted octanol–water partition coefficient (Wildman–Crippen LogP) is 1.96. The maximum Gasteiger partial charge on any atom is 0.410 e. The number of nitrogens with zero attached hydrogens (tertiary/aromatic N) is 1. The van der Waals surface area contributed by atoms with Gasteiger partial charge in [0.15, 0.2) is 0 Å². The summed E-state index contributed by atoms with van der Waals surface area (Å²) in [7, 11) is 0. The summed E-state index contributed by atoms with van der Waals surface area (Å²) in [6.07, 6.45) is -0.613. The van der Waals surface area contributed by atoms with Crippen LogP contribution >= 0.6 is 0 Å². The van der Waals surface area contributed by atoms with E-state index in [1.165, 1.54) is 4.90 Å². The highest BCUT2D eigenvalue weighted by Gasteiger charge is 2.33. The Kier molecular flexibility index (Phi) is 4.74. The van der Waals surface area contributed by atoms with E-state index in [9.17, 15) is 9.18 Å². The molecule has 0 aliphatic carbocycles. The molecule has 1 aliphatic heterocycles. The number of rotatable bonds is 2. The quantitative estimate of drug-likeness (QED) is 0.811. The number of hydrogen-bond donors (Lipinski definition) is 1. The highest BCUT2D eigenvalue weighted by Crippen LogP contribution is 2.24. The minimum Gasteiger partial charge on any atom is -0.444 e. The highest BCUT2D eigenvalue weighted by atomic mass is 19.1. The maximum atomic E-state index is 13.5. The summed E-state index contributed by atoms with van der Waals surface area (Å²) in [5.41, 5.74) is -0.532. The van der Waals surface area contributed by atoms with Gasteiger partial charge in [-0.2, -0.15) is 0 Å². The molecule has 17 heavy (non-hydrogen) atoms. The number of likely N-dealkylation sites (tertiary alicyclic amines) is 1. The second kappa shape index (κ2) is 5.67. The topological polar surface area (TPSA) is 49.8 Å². The van der Waals surface area contributed by atoms with Gasteiger partial charge in [0.25, 0.3) is 0 Å². The van der Waals surface area contributed by atoms with Crippen LogP contribution in [0.4, 0.5) is 9.18 Å². The van der Waals surface area contributed by atoms with Crippen molar-refractivity contribution in [3.8, 4) is 0 Å². The van der Waals surface area contributed by atoms with Crippen molar-refractivity contribution in [3.63, 3.8) is 0 Å². The fourth-order valence-electron chi connectivity index (χ4n) is 1.93. The van der Waals surface area contributed by atoms with E-state index in [0.29, 0.717) is 25.9 Å². The van der Waals surface area contributed by atoms with Gasteiger partial charge in [-0.15, -0.1) is 0 Å². The van der Waals surface area contributed by atoms with Crippen LogP contribution in [0, 0.1) is 5.92 Å². The Morgan fingerprint density at radius 3 is 2.71 bits per heavy atom. The van der Waals surface area contributed by atoms with Gasteiger partial charge in [0.05, 0.1) is 0 Å². The van der Waals surface area contributed by atoms with Crippen molar-refractivity contribution in [1.29, 1.82) is 0 Å². The third-order valence-electron chi connectivity index (χ3n) is 2.79. The Morgan fingerprint density at radius 2 is 2.18 bits per heavy atom. The lowest BCUT2D eigenvalue weighted by molar-refractivity contribution is 0.00388. The first kappa shape index (κ1) is 14.2. The predicted molar refractivity (Wildman–Crippen MR) is 62.5 cm³/mol. The molecule has 0 spiro atoms. The molecule has 1 amide bonds. The molecule has 1 rings (SSSR count). The highest BCUT2D eigenvalue weighted by molar-refractivity contribution is 5.68. The Morgan fingerprint density at radius 1 is 1.53 bits per heavy atom.